The van der Waals surface area contributed by atoms with Crippen LogP contribution in [0.15, 0.2) is 48.5 Å². The molecule has 3 heterocycles. The number of rotatable bonds is 10. The predicted octanol–water partition coefficient (Wildman–Crippen LogP) is 6.68. The lowest BCUT2D eigenvalue weighted by Gasteiger charge is -2.41. The van der Waals surface area contributed by atoms with Gasteiger partial charge in [0.1, 0.15) is 11.6 Å². The molecule has 2 aliphatic rings. The molecule has 3 aromatic rings. The number of ether oxygens (including phenoxy) is 2. The van der Waals surface area contributed by atoms with E-state index in [-0.39, 0.29) is 29.9 Å². The van der Waals surface area contributed by atoms with Gasteiger partial charge in [-0.1, -0.05) is 38.1 Å². The van der Waals surface area contributed by atoms with Crippen molar-refractivity contribution in [3.63, 3.8) is 0 Å². The molecule has 1 aromatic heterocycles. The average Bonchev–Trinajstić information content (AvgIpc) is 2.95. The molecule has 236 valence electrons. The van der Waals surface area contributed by atoms with Gasteiger partial charge in [0.25, 0.3) is 0 Å². The summed E-state index contributed by atoms with van der Waals surface area (Å²) < 4.78 is 25.3. The Kier molecular flexibility index (Phi) is 9.90. The number of carboxylic acid groups (broad SMARTS) is 1. The maximum Gasteiger partial charge on any atom is 0.307 e. The van der Waals surface area contributed by atoms with E-state index in [1.165, 1.54) is 12.1 Å². The Labute approximate surface area is 261 Å². The van der Waals surface area contributed by atoms with Gasteiger partial charge in [-0.3, -0.25) is 14.7 Å². The fourth-order valence-corrected chi connectivity index (χ4v) is 6.53. The maximum absolute atomic E-state index is 13.3. The number of hydrogen-bond acceptors (Lipinski definition) is 6. The molecule has 2 unspecified atom stereocenters. The number of benzene rings is 2. The number of aromatic nitrogens is 1. The smallest absolute Gasteiger partial charge is 0.307 e. The van der Waals surface area contributed by atoms with Crippen LogP contribution in [0, 0.1) is 18.2 Å². The zero-order valence-electron chi connectivity index (χ0n) is 26.7. The molecule has 2 atom stereocenters. The molecular weight excluding hydrogens is 557 g/mol. The van der Waals surface area contributed by atoms with Gasteiger partial charge >= 0.3 is 5.97 Å². The summed E-state index contributed by atoms with van der Waals surface area (Å²) in [4.78, 5) is 22.1. The number of aliphatic carboxylic acids is 1. The van der Waals surface area contributed by atoms with Crippen molar-refractivity contribution in [1.82, 2.24) is 9.88 Å². The standard InChI is InChI=1S/C36H46FN3O4/c1-24-21-39(22-25(2)44-24)23-32-34(28-8-12-30(13-9-28)43-19-14-27-6-10-29(37)11-7-27)35(31(20-33(41)42)26(3)38-32)40-17-15-36(4,5)16-18-40/h6-13,24-25H,14-23H2,1-5H3,(H,41,42). The van der Waals surface area contributed by atoms with Gasteiger partial charge < -0.3 is 19.5 Å². The largest absolute Gasteiger partial charge is 0.493 e. The monoisotopic (exact) mass is 603 g/mol. The fourth-order valence-electron chi connectivity index (χ4n) is 6.53. The maximum atomic E-state index is 13.3. The molecule has 0 amide bonds. The number of pyridine rings is 1. The Bertz CT molecular complexity index is 1420. The van der Waals surface area contributed by atoms with Crippen molar-refractivity contribution in [2.75, 3.05) is 37.7 Å². The molecule has 2 aromatic carbocycles. The molecule has 2 aliphatic heterocycles. The van der Waals surface area contributed by atoms with Crippen molar-refractivity contribution >= 4 is 11.7 Å². The van der Waals surface area contributed by atoms with Crippen LogP contribution in [0.2, 0.25) is 0 Å². The van der Waals surface area contributed by atoms with Crippen LogP contribution in [0.5, 0.6) is 5.75 Å². The molecule has 7 nitrogen and oxygen atoms in total. The first kappa shape index (κ1) is 31.9. The van der Waals surface area contributed by atoms with E-state index in [0.29, 0.717) is 19.6 Å². The molecule has 0 radical (unpaired) electrons. The highest BCUT2D eigenvalue weighted by Crippen LogP contribution is 2.42. The molecule has 2 saturated heterocycles. The van der Waals surface area contributed by atoms with Crippen LogP contribution in [0.25, 0.3) is 11.1 Å². The predicted molar refractivity (Wildman–Crippen MR) is 172 cm³/mol. The van der Waals surface area contributed by atoms with Crippen LogP contribution in [-0.4, -0.2) is 66.0 Å². The third-order valence-corrected chi connectivity index (χ3v) is 8.90. The first-order chi connectivity index (χ1) is 21.0. The summed E-state index contributed by atoms with van der Waals surface area (Å²) in [6.07, 6.45) is 2.94. The van der Waals surface area contributed by atoms with Crippen LogP contribution < -0.4 is 9.64 Å². The number of hydrogen-bond donors (Lipinski definition) is 1. The van der Waals surface area contributed by atoms with Crippen molar-refractivity contribution < 1.29 is 23.8 Å². The first-order valence-corrected chi connectivity index (χ1v) is 15.8. The minimum Gasteiger partial charge on any atom is -0.493 e. The van der Waals surface area contributed by atoms with Gasteiger partial charge in [-0.15, -0.1) is 0 Å². The van der Waals surface area contributed by atoms with E-state index >= 15 is 0 Å². The van der Waals surface area contributed by atoms with Gasteiger partial charge in [0.15, 0.2) is 0 Å². The molecule has 0 spiro atoms. The van der Waals surface area contributed by atoms with Crippen LogP contribution in [0.3, 0.4) is 0 Å². The van der Waals surface area contributed by atoms with Crippen molar-refractivity contribution in [2.45, 2.75) is 79.1 Å². The normalized spacial score (nSPS) is 20.5. The van der Waals surface area contributed by atoms with Crippen molar-refractivity contribution in [1.29, 1.82) is 0 Å². The second-order valence-corrected chi connectivity index (χ2v) is 13.3. The minimum atomic E-state index is -0.854. The Morgan fingerprint density at radius 1 is 1.05 bits per heavy atom. The minimum absolute atomic E-state index is 0.0719. The summed E-state index contributed by atoms with van der Waals surface area (Å²) >= 11 is 0. The van der Waals surface area contributed by atoms with E-state index in [0.717, 1.165) is 84.1 Å². The van der Waals surface area contributed by atoms with Gasteiger partial charge in [-0.25, -0.2) is 4.39 Å². The van der Waals surface area contributed by atoms with E-state index < -0.39 is 5.97 Å². The summed E-state index contributed by atoms with van der Waals surface area (Å²) in [7, 11) is 0. The van der Waals surface area contributed by atoms with Gasteiger partial charge in [0.2, 0.25) is 0 Å². The number of anilines is 1. The Morgan fingerprint density at radius 2 is 1.68 bits per heavy atom. The van der Waals surface area contributed by atoms with E-state index in [1.54, 1.807) is 12.1 Å². The van der Waals surface area contributed by atoms with Gasteiger partial charge in [-0.2, -0.15) is 0 Å². The number of morpholine rings is 1. The molecule has 5 rings (SSSR count). The van der Waals surface area contributed by atoms with E-state index in [9.17, 15) is 14.3 Å². The highest BCUT2D eigenvalue weighted by molar-refractivity contribution is 5.86. The van der Waals surface area contributed by atoms with Crippen molar-refractivity contribution in [3.05, 3.63) is 76.9 Å². The lowest BCUT2D eigenvalue weighted by molar-refractivity contribution is -0.136. The number of nitrogens with zero attached hydrogens (tertiary/aromatic N) is 3. The topological polar surface area (TPSA) is 75.1 Å². The van der Waals surface area contributed by atoms with E-state index in [1.807, 2.05) is 19.1 Å². The Hall–Kier alpha value is -3.49. The number of piperidine rings is 1. The zero-order valence-corrected chi connectivity index (χ0v) is 26.7. The molecule has 2 fully saturated rings. The second-order valence-electron chi connectivity index (χ2n) is 13.3. The average molecular weight is 604 g/mol. The molecular formula is C36H46FN3O4. The quantitative estimate of drug-likeness (QED) is 0.277. The fraction of sp³-hybridized carbons (Fsp3) is 0.500. The first-order valence-electron chi connectivity index (χ1n) is 15.8. The SMILES string of the molecule is Cc1nc(CN2CC(C)OC(C)C2)c(-c2ccc(OCCc3ccc(F)cc3)cc2)c(N2CCC(C)(C)CC2)c1CC(=O)O. The lowest BCUT2D eigenvalue weighted by atomic mass is 9.82. The van der Waals surface area contributed by atoms with Crippen molar-refractivity contribution in [2.24, 2.45) is 5.41 Å². The summed E-state index contributed by atoms with van der Waals surface area (Å²) in [5.41, 5.74) is 6.82. The van der Waals surface area contributed by atoms with Crippen LogP contribution in [0.1, 0.15) is 63.1 Å². The summed E-state index contributed by atoms with van der Waals surface area (Å²) in [5.74, 6) is -0.347. The van der Waals surface area contributed by atoms with E-state index in [2.05, 4.69) is 49.6 Å². The highest BCUT2D eigenvalue weighted by atomic mass is 19.1. The second kappa shape index (κ2) is 13.7. The third kappa shape index (κ3) is 7.96. The number of carbonyl (C=O) groups is 1. The number of halogens is 1. The van der Waals surface area contributed by atoms with E-state index in [4.69, 9.17) is 14.5 Å². The molecule has 0 bridgehead atoms. The van der Waals surface area contributed by atoms with Crippen molar-refractivity contribution in [3.8, 4) is 16.9 Å². The number of aryl methyl sites for hydroxylation is 1. The summed E-state index contributed by atoms with van der Waals surface area (Å²) in [6, 6.07) is 14.6. The molecule has 44 heavy (non-hydrogen) atoms. The Balaban J connectivity index is 1.51. The van der Waals surface area contributed by atoms with Gasteiger partial charge in [0.05, 0.1) is 36.6 Å². The molecule has 1 N–H and O–H groups in total. The van der Waals surface area contributed by atoms with Crippen LogP contribution in [0.4, 0.5) is 10.1 Å². The van der Waals surface area contributed by atoms with Gasteiger partial charge in [0, 0.05) is 56.0 Å². The lowest BCUT2D eigenvalue weighted by Crippen LogP contribution is -2.45. The molecule has 0 saturated carbocycles. The highest BCUT2D eigenvalue weighted by Gasteiger charge is 2.32. The summed E-state index contributed by atoms with van der Waals surface area (Å²) in [6.45, 7) is 15.3. The summed E-state index contributed by atoms with van der Waals surface area (Å²) in [5, 5.41) is 9.96. The molecule has 0 aliphatic carbocycles. The Morgan fingerprint density at radius 3 is 2.30 bits per heavy atom. The third-order valence-electron chi connectivity index (χ3n) is 8.90. The van der Waals surface area contributed by atoms with Crippen LogP contribution >= 0.6 is 0 Å². The molecule has 8 heteroatoms. The van der Waals surface area contributed by atoms with Gasteiger partial charge in [-0.05, 0) is 74.4 Å². The number of carboxylic acids is 1. The zero-order chi connectivity index (χ0) is 31.4. The van der Waals surface area contributed by atoms with Crippen LogP contribution in [-0.2, 0) is 28.9 Å².